The fourth-order valence-corrected chi connectivity index (χ4v) is 4.11. The molecule has 1 unspecified atom stereocenters. The number of piperidine rings is 1. The molecule has 0 aliphatic carbocycles. The maximum absolute atomic E-state index is 14.7. The van der Waals surface area contributed by atoms with Crippen molar-refractivity contribution in [1.82, 2.24) is 30.2 Å². The number of benzene rings is 1. The topological polar surface area (TPSA) is 105 Å². The molecule has 0 saturated carbocycles. The van der Waals surface area contributed by atoms with E-state index in [1.165, 1.54) is 0 Å². The maximum Gasteiger partial charge on any atom is 0.254 e. The lowest BCUT2D eigenvalue weighted by Crippen LogP contribution is -2.44. The van der Waals surface area contributed by atoms with Gasteiger partial charge < -0.3 is 15.2 Å². The fraction of sp³-hybridized carbons (Fsp3) is 0.478. The molecular formula is C23H28F2N6O3. The summed E-state index contributed by atoms with van der Waals surface area (Å²) < 4.78 is 36.5. The third-order valence-corrected chi connectivity index (χ3v) is 5.82. The number of likely N-dealkylation sites (tertiary alicyclic amines) is 1. The highest BCUT2D eigenvalue weighted by Gasteiger charge is 2.27. The number of aliphatic hydroxyl groups excluding tert-OH is 1. The van der Waals surface area contributed by atoms with Crippen molar-refractivity contribution in [1.29, 1.82) is 0 Å². The van der Waals surface area contributed by atoms with E-state index in [-0.39, 0.29) is 29.0 Å². The first-order chi connectivity index (χ1) is 16.3. The Morgan fingerprint density at radius 1 is 1.24 bits per heavy atom. The summed E-state index contributed by atoms with van der Waals surface area (Å²) in [4.78, 5) is 18.1. The molecule has 11 heteroatoms. The molecule has 4 rings (SSSR count). The minimum absolute atomic E-state index is 0.0607. The van der Waals surface area contributed by atoms with E-state index in [1.807, 2.05) is 18.7 Å². The summed E-state index contributed by atoms with van der Waals surface area (Å²) in [6.45, 7) is 7.01. The van der Waals surface area contributed by atoms with Gasteiger partial charge in [-0.05, 0) is 51.8 Å². The quantitative estimate of drug-likeness (QED) is 0.508. The van der Waals surface area contributed by atoms with Crippen LogP contribution in [0.3, 0.4) is 0 Å². The van der Waals surface area contributed by atoms with Gasteiger partial charge >= 0.3 is 0 Å². The van der Waals surface area contributed by atoms with Gasteiger partial charge in [0.2, 0.25) is 6.41 Å². The molecule has 1 amide bonds. The Hall–Kier alpha value is -3.02. The second-order valence-electron chi connectivity index (χ2n) is 8.54. The van der Waals surface area contributed by atoms with Crippen LogP contribution in [0.4, 0.5) is 8.78 Å². The molecule has 9 nitrogen and oxygen atoms in total. The van der Waals surface area contributed by atoms with Crippen LogP contribution in [-0.2, 0) is 4.74 Å². The SMILES string of the molecule is CCNC(=O)c1cc(F)c(-c2cc3nnn(C4CCN(C(O)OC(C)C)CC4)c3cn2)cc1F. The van der Waals surface area contributed by atoms with E-state index >= 15 is 0 Å². The van der Waals surface area contributed by atoms with Crippen molar-refractivity contribution < 1.29 is 23.4 Å². The molecule has 1 saturated heterocycles. The van der Waals surface area contributed by atoms with Gasteiger partial charge in [-0.3, -0.25) is 14.7 Å². The fourth-order valence-electron chi connectivity index (χ4n) is 4.11. The van der Waals surface area contributed by atoms with Gasteiger partial charge in [0.25, 0.3) is 5.91 Å². The second kappa shape index (κ2) is 10.1. The van der Waals surface area contributed by atoms with E-state index in [1.54, 1.807) is 23.9 Å². The zero-order valence-corrected chi connectivity index (χ0v) is 19.3. The van der Waals surface area contributed by atoms with Crippen molar-refractivity contribution in [2.24, 2.45) is 0 Å². The second-order valence-corrected chi connectivity index (χ2v) is 8.54. The summed E-state index contributed by atoms with van der Waals surface area (Å²) in [5.41, 5.74) is 0.964. The van der Waals surface area contributed by atoms with Crippen LogP contribution < -0.4 is 5.32 Å². The molecule has 1 atom stereocenters. The Labute approximate surface area is 195 Å². The smallest absolute Gasteiger partial charge is 0.254 e. The lowest BCUT2D eigenvalue weighted by molar-refractivity contribution is -0.216. The number of carbonyl (C=O) groups is 1. The molecule has 2 N–H and O–H groups in total. The Bertz CT molecular complexity index is 1180. The number of fused-ring (bicyclic) bond motifs is 1. The number of nitrogens with one attached hydrogen (secondary N) is 1. The van der Waals surface area contributed by atoms with E-state index < -0.39 is 24.0 Å². The summed E-state index contributed by atoms with van der Waals surface area (Å²) in [5.74, 6) is -2.26. The molecule has 1 aromatic carbocycles. The van der Waals surface area contributed by atoms with Gasteiger partial charge in [-0.2, -0.15) is 0 Å². The Morgan fingerprint density at radius 3 is 2.65 bits per heavy atom. The number of halogens is 2. The first kappa shape index (κ1) is 24.1. The van der Waals surface area contributed by atoms with Crippen molar-refractivity contribution >= 4 is 16.9 Å². The molecule has 0 bridgehead atoms. The minimum atomic E-state index is -0.938. The highest BCUT2D eigenvalue weighted by molar-refractivity contribution is 5.95. The van der Waals surface area contributed by atoms with Gasteiger partial charge in [0.1, 0.15) is 22.7 Å². The van der Waals surface area contributed by atoms with Crippen LogP contribution in [0, 0.1) is 11.6 Å². The van der Waals surface area contributed by atoms with E-state index in [4.69, 9.17) is 4.74 Å². The molecule has 1 fully saturated rings. The number of pyridine rings is 1. The summed E-state index contributed by atoms with van der Waals surface area (Å²) in [6, 6.07) is 3.46. The van der Waals surface area contributed by atoms with E-state index in [2.05, 4.69) is 20.6 Å². The number of aliphatic hydroxyl groups is 1. The largest absolute Gasteiger partial charge is 0.356 e. The highest BCUT2D eigenvalue weighted by Crippen LogP contribution is 2.29. The molecule has 1 aliphatic heterocycles. The van der Waals surface area contributed by atoms with E-state index in [9.17, 15) is 18.7 Å². The van der Waals surface area contributed by atoms with E-state index in [0.717, 1.165) is 25.0 Å². The van der Waals surface area contributed by atoms with Crippen molar-refractivity contribution in [3.63, 3.8) is 0 Å². The molecule has 1 aliphatic rings. The predicted molar refractivity (Wildman–Crippen MR) is 121 cm³/mol. The van der Waals surface area contributed by atoms with Crippen LogP contribution in [0.25, 0.3) is 22.3 Å². The number of aromatic nitrogens is 4. The van der Waals surface area contributed by atoms with E-state index in [0.29, 0.717) is 30.7 Å². The van der Waals surface area contributed by atoms with Crippen LogP contribution in [0.2, 0.25) is 0 Å². The van der Waals surface area contributed by atoms with Gasteiger partial charge in [-0.1, -0.05) is 5.21 Å². The Balaban J connectivity index is 1.53. The molecule has 2 aromatic heterocycles. The molecule has 182 valence electrons. The molecule has 0 radical (unpaired) electrons. The zero-order chi connectivity index (χ0) is 24.4. The number of carbonyl (C=O) groups excluding carboxylic acids is 1. The van der Waals surface area contributed by atoms with Crippen molar-refractivity contribution in [2.75, 3.05) is 19.6 Å². The molecule has 3 heterocycles. The first-order valence-electron chi connectivity index (χ1n) is 11.3. The van der Waals surface area contributed by atoms with Gasteiger partial charge in [-0.25, -0.2) is 13.5 Å². The number of ether oxygens (including phenoxy) is 1. The average Bonchev–Trinajstić information content (AvgIpc) is 3.23. The van der Waals surface area contributed by atoms with Crippen LogP contribution in [0.5, 0.6) is 0 Å². The summed E-state index contributed by atoms with van der Waals surface area (Å²) in [5, 5.41) is 21.1. The van der Waals surface area contributed by atoms with Gasteiger partial charge in [0, 0.05) is 25.2 Å². The van der Waals surface area contributed by atoms with Gasteiger partial charge in [0.15, 0.2) is 0 Å². The van der Waals surface area contributed by atoms with Crippen molar-refractivity contribution in [3.05, 3.63) is 41.6 Å². The van der Waals surface area contributed by atoms with Crippen molar-refractivity contribution in [3.8, 4) is 11.3 Å². The maximum atomic E-state index is 14.7. The molecule has 0 spiro atoms. The Morgan fingerprint density at radius 2 is 1.97 bits per heavy atom. The monoisotopic (exact) mass is 474 g/mol. The number of amides is 1. The standard InChI is InChI=1S/C23H28F2N6O3/c1-4-26-22(32)16-10-17(24)15(9-18(16)25)19-11-20-21(12-27-19)31(29-28-20)14-5-7-30(8-6-14)23(33)34-13(2)3/h9-14,23,33H,4-8H2,1-3H3,(H,26,32). The average molecular weight is 475 g/mol. The predicted octanol–water partition coefficient (Wildman–Crippen LogP) is 2.86. The number of hydrogen-bond acceptors (Lipinski definition) is 7. The lowest BCUT2D eigenvalue weighted by atomic mass is 10.0. The number of nitrogens with zero attached hydrogens (tertiary/aromatic N) is 5. The third-order valence-electron chi connectivity index (χ3n) is 5.82. The van der Waals surface area contributed by atoms with Crippen LogP contribution in [-0.4, -0.2) is 68.0 Å². The Kier molecular flexibility index (Phi) is 7.15. The third kappa shape index (κ3) is 4.91. The van der Waals surface area contributed by atoms with Gasteiger partial charge in [-0.15, -0.1) is 5.10 Å². The molecule has 3 aromatic rings. The summed E-state index contributed by atoms with van der Waals surface area (Å²) in [6.07, 6.45) is 2.00. The summed E-state index contributed by atoms with van der Waals surface area (Å²) >= 11 is 0. The zero-order valence-electron chi connectivity index (χ0n) is 19.3. The molecule has 34 heavy (non-hydrogen) atoms. The normalized spacial score (nSPS) is 16.3. The highest BCUT2D eigenvalue weighted by atomic mass is 19.1. The minimum Gasteiger partial charge on any atom is -0.356 e. The van der Waals surface area contributed by atoms with Crippen LogP contribution >= 0.6 is 0 Å². The molecular weight excluding hydrogens is 446 g/mol. The number of hydrogen-bond donors (Lipinski definition) is 2. The summed E-state index contributed by atoms with van der Waals surface area (Å²) in [7, 11) is 0. The van der Waals surface area contributed by atoms with Gasteiger partial charge in [0.05, 0.1) is 29.6 Å². The van der Waals surface area contributed by atoms with Crippen LogP contribution in [0.1, 0.15) is 50.0 Å². The van der Waals surface area contributed by atoms with Crippen LogP contribution in [0.15, 0.2) is 24.4 Å². The lowest BCUT2D eigenvalue weighted by Gasteiger charge is -2.35. The first-order valence-corrected chi connectivity index (χ1v) is 11.3. The number of rotatable bonds is 7. The van der Waals surface area contributed by atoms with Crippen molar-refractivity contribution in [2.45, 2.75) is 52.2 Å².